The van der Waals surface area contributed by atoms with Crippen molar-refractivity contribution in [2.75, 3.05) is 19.6 Å². The van der Waals surface area contributed by atoms with Crippen molar-refractivity contribution < 1.29 is 9.63 Å². The molecule has 5 heteroatoms. The second-order valence-corrected chi connectivity index (χ2v) is 5.24. The summed E-state index contributed by atoms with van der Waals surface area (Å²) in [6.45, 7) is 2.84. The molecule has 0 amide bonds. The van der Waals surface area contributed by atoms with Crippen molar-refractivity contribution in [3.8, 4) is 11.4 Å². The first-order chi connectivity index (χ1) is 9.81. The normalized spacial score (nSPS) is 17.4. The maximum absolute atomic E-state index is 10.1. The molecule has 1 aromatic carbocycles. The molecule has 1 aliphatic rings. The number of β-amino-alcohol motifs (C(OH)–C–C–N with tert-alkyl or cyclic N) is 1. The Morgan fingerprint density at radius 2 is 1.95 bits per heavy atom. The maximum atomic E-state index is 10.1. The van der Waals surface area contributed by atoms with E-state index in [2.05, 4.69) is 15.0 Å². The zero-order valence-electron chi connectivity index (χ0n) is 11.4. The standard InChI is InChI=1S/C15H19N3O2/c19-13(11-18-8-4-5-9-18)10-14-16-15(17-20-14)12-6-2-1-3-7-12/h1-3,6-7,13,19H,4-5,8-11H2. The first-order valence-electron chi connectivity index (χ1n) is 7.10. The van der Waals surface area contributed by atoms with E-state index >= 15 is 0 Å². The van der Waals surface area contributed by atoms with Crippen LogP contribution in [0.25, 0.3) is 11.4 Å². The zero-order valence-corrected chi connectivity index (χ0v) is 11.4. The van der Waals surface area contributed by atoms with Gasteiger partial charge in [0, 0.05) is 12.1 Å². The van der Waals surface area contributed by atoms with Gasteiger partial charge in [-0.1, -0.05) is 35.5 Å². The fraction of sp³-hybridized carbons (Fsp3) is 0.467. The largest absolute Gasteiger partial charge is 0.391 e. The van der Waals surface area contributed by atoms with Gasteiger partial charge in [-0.3, -0.25) is 0 Å². The van der Waals surface area contributed by atoms with Crippen LogP contribution in [0.4, 0.5) is 0 Å². The highest BCUT2D eigenvalue weighted by Gasteiger charge is 2.18. The first-order valence-corrected chi connectivity index (χ1v) is 7.10. The maximum Gasteiger partial charge on any atom is 0.229 e. The lowest BCUT2D eigenvalue weighted by Crippen LogP contribution is -2.31. The molecule has 0 saturated carbocycles. The molecule has 2 heterocycles. The van der Waals surface area contributed by atoms with E-state index in [0.717, 1.165) is 18.7 Å². The Labute approximate surface area is 118 Å². The van der Waals surface area contributed by atoms with Crippen molar-refractivity contribution >= 4 is 0 Å². The van der Waals surface area contributed by atoms with Gasteiger partial charge in [-0.25, -0.2) is 0 Å². The molecule has 1 atom stereocenters. The van der Waals surface area contributed by atoms with Crippen LogP contribution in [0.5, 0.6) is 0 Å². The van der Waals surface area contributed by atoms with E-state index in [0.29, 0.717) is 24.7 Å². The summed E-state index contributed by atoms with van der Waals surface area (Å²) in [5, 5.41) is 14.0. The molecule has 2 aromatic rings. The Morgan fingerprint density at radius 3 is 2.70 bits per heavy atom. The number of aliphatic hydroxyl groups is 1. The second kappa shape index (κ2) is 6.15. The van der Waals surface area contributed by atoms with Gasteiger partial charge in [-0.15, -0.1) is 0 Å². The summed E-state index contributed by atoms with van der Waals surface area (Å²) in [4.78, 5) is 6.62. The van der Waals surface area contributed by atoms with Gasteiger partial charge in [0.05, 0.1) is 12.5 Å². The smallest absolute Gasteiger partial charge is 0.229 e. The molecule has 1 saturated heterocycles. The topological polar surface area (TPSA) is 62.4 Å². The first kappa shape index (κ1) is 13.3. The summed E-state index contributed by atoms with van der Waals surface area (Å²) < 4.78 is 5.21. The third kappa shape index (κ3) is 3.23. The van der Waals surface area contributed by atoms with Gasteiger partial charge >= 0.3 is 0 Å². The fourth-order valence-electron chi connectivity index (χ4n) is 2.57. The van der Waals surface area contributed by atoms with Crippen LogP contribution >= 0.6 is 0 Å². The Kier molecular flexibility index (Phi) is 4.08. The number of aliphatic hydroxyl groups excluding tert-OH is 1. The zero-order chi connectivity index (χ0) is 13.8. The number of hydrogen-bond acceptors (Lipinski definition) is 5. The van der Waals surface area contributed by atoms with E-state index in [9.17, 15) is 5.11 Å². The molecule has 0 aliphatic carbocycles. The number of aromatic nitrogens is 2. The second-order valence-electron chi connectivity index (χ2n) is 5.24. The molecular formula is C15H19N3O2. The number of nitrogens with zero attached hydrogens (tertiary/aromatic N) is 3. The lowest BCUT2D eigenvalue weighted by atomic mass is 10.2. The van der Waals surface area contributed by atoms with Crippen molar-refractivity contribution in [1.82, 2.24) is 15.0 Å². The third-order valence-corrected chi connectivity index (χ3v) is 3.58. The van der Waals surface area contributed by atoms with E-state index in [1.807, 2.05) is 30.3 Å². The van der Waals surface area contributed by atoms with Crippen molar-refractivity contribution in [3.63, 3.8) is 0 Å². The minimum absolute atomic E-state index is 0.413. The molecule has 5 nitrogen and oxygen atoms in total. The van der Waals surface area contributed by atoms with Crippen LogP contribution in [-0.2, 0) is 6.42 Å². The van der Waals surface area contributed by atoms with Gasteiger partial charge in [-0.05, 0) is 25.9 Å². The molecule has 1 N–H and O–H groups in total. The molecule has 3 rings (SSSR count). The predicted molar refractivity (Wildman–Crippen MR) is 75.1 cm³/mol. The quantitative estimate of drug-likeness (QED) is 0.899. The summed E-state index contributed by atoms with van der Waals surface area (Å²) in [5.74, 6) is 1.07. The van der Waals surface area contributed by atoms with E-state index in [1.54, 1.807) is 0 Å². The van der Waals surface area contributed by atoms with Gasteiger partial charge < -0.3 is 14.5 Å². The van der Waals surface area contributed by atoms with Crippen LogP contribution in [0, 0.1) is 0 Å². The molecule has 1 unspecified atom stereocenters. The van der Waals surface area contributed by atoms with Crippen LogP contribution in [0.1, 0.15) is 18.7 Å². The van der Waals surface area contributed by atoms with Gasteiger partial charge in [0.1, 0.15) is 0 Å². The van der Waals surface area contributed by atoms with Crippen molar-refractivity contribution in [3.05, 3.63) is 36.2 Å². The molecule has 0 bridgehead atoms. The van der Waals surface area contributed by atoms with Crippen LogP contribution in [0.15, 0.2) is 34.9 Å². The number of benzene rings is 1. The van der Waals surface area contributed by atoms with E-state index in [1.165, 1.54) is 12.8 Å². The molecule has 0 spiro atoms. The van der Waals surface area contributed by atoms with Gasteiger partial charge in [0.2, 0.25) is 11.7 Å². The summed E-state index contributed by atoms with van der Waals surface area (Å²) in [6, 6.07) is 9.70. The highest BCUT2D eigenvalue weighted by atomic mass is 16.5. The lowest BCUT2D eigenvalue weighted by Gasteiger charge is -2.17. The Bertz CT molecular complexity index is 535. The monoisotopic (exact) mass is 273 g/mol. The van der Waals surface area contributed by atoms with E-state index in [-0.39, 0.29) is 0 Å². The Morgan fingerprint density at radius 1 is 1.20 bits per heavy atom. The Balaban J connectivity index is 1.59. The number of rotatable bonds is 5. The summed E-state index contributed by atoms with van der Waals surface area (Å²) in [7, 11) is 0. The summed E-state index contributed by atoms with van der Waals surface area (Å²) in [5.41, 5.74) is 0.927. The summed E-state index contributed by atoms with van der Waals surface area (Å²) in [6.07, 6.45) is 2.42. The third-order valence-electron chi connectivity index (χ3n) is 3.58. The molecule has 1 fully saturated rings. The van der Waals surface area contributed by atoms with Crippen molar-refractivity contribution in [1.29, 1.82) is 0 Å². The predicted octanol–water partition coefficient (Wildman–Crippen LogP) is 1.74. The Hall–Kier alpha value is -1.72. The van der Waals surface area contributed by atoms with Crippen LogP contribution < -0.4 is 0 Å². The van der Waals surface area contributed by atoms with Gasteiger partial charge in [0.15, 0.2) is 0 Å². The van der Waals surface area contributed by atoms with Crippen molar-refractivity contribution in [2.24, 2.45) is 0 Å². The molecule has 1 aliphatic heterocycles. The molecule has 20 heavy (non-hydrogen) atoms. The molecule has 0 radical (unpaired) electrons. The van der Waals surface area contributed by atoms with Gasteiger partial charge in [-0.2, -0.15) is 4.98 Å². The minimum atomic E-state index is -0.447. The summed E-state index contributed by atoms with van der Waals surface area (Å²) >= 11 is 0. The molecule has 106 valence electrons. The number of likely N-dealkylation sites (tertiary alicyclic amines) is 1. The minimum Gasteiger partial charge on any atom is -0.391 e. The SMILES string of the molecule is OC(Cc1nc(-c2ccccc2)no1)CN1CCCC1. The van der Waals surface area contributed by atoms with Crippen molar-refractivity contribution in [2.45, 2.75) is 25.4 Å². The van der Waals surface area contributed by atoms with Crippen LogP contribution in [-0.4, -0.2) is 45.9 Å². The number of hydrogen-bond donors (Lipinski definition) is 1. The average molecular weight is 273 g/mol. The van der Waals surface area contributed by atoms with E-state index < -0.39 is 6.10 Å². The molecule has 1 aromatic heterocycles. The highest BCUT2D eigenvalue weighted by Crippen LogP contribution is 2.16. The van der Waals surface area contributed by atoms with Crippen LogP contribution in [0.3, 0.4) is 0 Å². The van der Waals surface area contributed by atoms with E-state index in [4.69, 9.17) is 4.52 Å². The fourth-order valence-corrected chi connectivity index (χ4v) is 2.57. The van der Waals surface area contributed by atoms with Crippen LogP contribution in [0.2, 0.25) is 0 Å². The molecular weight excluding hydrogens is 254 g/mol. The van der Waals surface area contributed by atoms with Gasteiger partial charge in [0.25, 0.3) is 0 Å². The average Bonchev–Trinajstić information content (AvgIpc) is 3.11. The highest BCUT2D eigenvalue weighted by molar-refractivity contribution is 5.53. The lowest BCUT2D eigenvalue weighted by molar-refractivity contribution is 0.117.